The van der Waals surface area contributed by atoms with Crippen LogP contribution < -0.4 is 30.6 Å². The van der Waals surface area contributed by atoms with Crippen molar-refractivity contribution in [3.8, 4) is 11.5 Å². The summed E-state index contributed by atoms with van der Waals surface area (Å²) in [4.78, 5) is 22.0. The van der Waals surface area contributed by atoms with E-state index < -0.39 is 45.3 Å². The molecule has 4 aromatic rings. The maximum atomic E-state index is 12.8. The monoisotopic (exact) mass is 606 g/mol. The third kappa shape index (κ3) is 7.03. The molecule has 2 fully saturated rings. The van der Waals surface area contributed by atoms with Crippen LogP contribution in [0, 0.1) is 20.8 Å². The van der Waals surface area contributed by atoms with Gasteiger partial charge >= 0.3 is 0 Å². The van der Waals surface area contributed by atoms with Gasteiger partial charge in [-0.1, -0.05) is 36.4 Å². The lowest BCUT2D eigenvalue weighted by molar-refractivity contribution is -1.00. The summed E-state index contributed by atoms with van der Waals surface area (Å²) < 4.78 is 11.6. The summed E-state index contributed by atoms with van der Waals surface area (Å²) >= 11 is 0. The lowest BCUT2D eigenvalue weighted by atomic mass is 10.1. The number of nitrogens with one attached hydrogen (secondary N) is 4. The molecule has 0 bridgehead atoms. The average Bonchev–Trinajstić information content (AvgIpc) is 3.65. The Kier molecular flexibility index (Phi) is 9.39. The Morgan fingerprint density at radius 2 is 0.795 bits per heavy atom. The molecular weight excluding hydrogens is 576 g/mol. The molecule has 2 heterocycles. The number of quaternary nitrogens is 4. The SMILES string of the molecule is [O-][NH+](Oc1ccc([NH+]([O-])O[C@H]2COC3C2OC[C@H]3O[NH+]([O-])c2ccc(O[NH+]([O-])c3ccccc3)cc2)cc1)c1ccccc1. The van der Waals surface area contributed by atoms with Gasteiger partial charge in [0.2, 0.25) is 0 Å². The van der Waals surface area contributed by atoms with Gasteiger partial charge in [0, 0.05) is 48.5 Å². The predicted octanol–water partition coefficient (Wildman–Crippen LogP) is -0.170. The number of fused-ring (bicyclic) bond motifs is 1. The molecule has 8 atom stereocenters. The minimum Gasteiger partial charge on any atom is -0.595 e. The molecule has 14 nitrogen and oxygen atoms in total. The van der Waals surface area contributed by atoms with Crippen molar-refractivity contribution in [3.05, 3.63) is 130 Å². The first-order chi connectivity index (χ1) is 21.4. The molecule has 6 rings (SSSR count). The molecule has 0 amide bonds. The van der Waals surface area contributed by atoms with Crippen LogP contribution in [-0.2, 0) is 19.1 Å². The minimum absolute atomic E-state index is 0.0728. The van der Waals surface area contributed by atoms with Gasteiger partial charge in [-0.2, -0.15) is 20.1 Å². The normalized spacial score (nSPS) is 23.8. The van der Waals surface area contributed by atoms with Crippen molar-refractivity contribution in [3.63, 3.8) is 0 Å². The first kappa shape index (κ1) is 30.0. The van der Waals surface area contributed by atoms with Crippen molar-refractivity contribution in [1.82, 2.24) is 0 Å². The van der Waals surface area contributed by atoms with Crippen LogP contribution in [-0.4, -0.2) is 37.6 Å². The summed E-state index contributed by atoms with van der Waals surface area (Å²) in [6.45, 7) is 0.146. The summed E-state index contributed by atoms with van der Waals surface area (Å²) in [5, 5.41) is 47.9. The molecule has 2 aliphatic rings. The number of rotatable bonds is 12. The minimum atomic E-state index is -0.703. The van der Waals surface area contributed by atoms with Crippen molar-refractivity contribution >= 4 is 22.7 Å². The Morgan fingerprint density at radius 3 is 1.16 bits per heavy atom. The molecule has 2 aliphatic heterocycles. The smallest absolute Gasteiger partial charge is 0.191 e. The fourth-order valence-corrected chi connectivity index (χ4v) is 4.84. The van der Waals surface area contributed by atoms with E-state index >= 15 is 0 Å². The molecule has 0 saturated carbocycles. The Labute approximate surface area is 251 Å². The maximum absolute atomic E-state index is 12.8. The highest BCUT2D eigenvalue weighted by Crippen LogP contribution is 2.29. The van der Waals surface area contributed by atoms with Crippen LogP contribution in [0.3, 0.4) is 0 Å². The van der Waals surface area contributed by atoms with Gasteiger partial charge in [-0.25, -0.2) is 0 Å². The van der Waals surface area contributed by atoms with Gasteiger partial charge in [0.25, 0.3) is 0 Å². The number of hydrogen-bond donors (Lipinski definition) is 4. The van der Waals surface area contributed by atoms with Crippen molar-refractivity contribution in [2.24, 2.45) is 0 Å². The Balaban J connectivity index is 0.983. The van der Waals surface area contributed by atoms with E-state index in [0.29, 0.717) is 11.4 Å². The van der Waals surface area contributed by atoms with Crippen LogP contribution >= 0.6 is 0 Å². The summed E-state index contributed by atoms with van der Waals surface area (Å²) in [6, 6.07) is 29.1. The highest BCUT2D eigenvalue weighted by atomic mass is 16.9. The maximum Gasteiger partial charge on any atom is 0.191 e. The number of hydrogen-bond acceptors (Lipinski definition) is 10. The summed E-state index contributed by atoms with van der Waals surface area (Å²) in [6.07, 6.45) is -2.62. The third-order valence-corrected chi connectivity index (χ3v) is 7.10. The highest BCUT2D eigenvalue weighted by molar-refractivity contribution is 5.36. The lowest BCUT2D eigenvalue weighted by Gasteiger charge is -2.25. The van der Waals surface area contributed by atoms with E-state index in [9.17, 15) is 20.8 Å². The van der Waals surface area contributed by atoms with E-state index in [2.05, 4.69) is 0 Å². The number of benzene rings is 4. The molecule has 0 radical (unpaired) electrons. The summed E-state index contributed by atoms with van der Waals surface area (Å²) in [5.41, 5.74) is 1.33. The molecule has 44 heavy (non-hydrogen) atoms. The van der Waals surface area contributed by atoms with Gasteiger partial charge < -0.3 is 40.0 Å². The molecule has 0 spiro atoms. The van der Waals surface area contributed by atoms with Crippen molar-refractivity contribution in [1.29, 1.82) is 0 Å². The zero-order valence-corrected chi connectivity index (χ0v) is 23.2. The van der Waals surface area contributed by atoms with Crippen LogP contribution in [0.15, 0.2) is 109 Å². The Morgan fingerprint density at radius 1 is 0.455 bits per heavy atom. The highest BCUT2D eigenvalue weighted by Gasteiger charge is 2.52. The molecule has 0 aromatic heterocycles. The molecule has 6 unspecified atom stereocenters. The van der Waals surface area contributed by atoms with Gasteiger partial charge in [0.15, 0.2) is 46.5 Å². The standard InChI is InChI=1S/C30H30N4O10/c35-31(21-7-3-1-4-8-21)41-25-15-11-23(12-16-25)33(37)43-27-19-39-30-28(20-40-29(27)30)44-34(38)24-13-17-26(18-14-24)42-32(36)22-9-5-2-6-10-22/h1-18,27-34H,19-20H2/t27-,28+,29?,30?. The van der Waals surface area contributed by atoms with Crippen molar-refractivity contribution in [2.75, 3.05) is 13.2 Å². The van der Waals surface area contributed by atoms with Gasteiger partial charge in [-0.05, 0) is 24.3 Å². The van der Waals surface area contributed by atoms with Gasteiger partial charge in [-0.3, -0.25) is 0 Å². The summed E-state index contributed by atoms with van der Waals surface area (Å²) in [7, 11) is 0. The van der Waals surface area contributed by atoms with Gasteiger partial charge in [0.1, 0.15) is 12.2 Å². The van der Waals surface area contributed by atoms with Crippen LogP contribution in [0.2, 0.25) is 0 Å². The van der Waals surface area contributed by atoms with E-state index in [1.807, 2.05) is 0 Å². The molecule has 230 valence electrons. The average molecular weight is 607 g/mol. The fraction of sp³-hybridized carbons (Fsp3) is 0.200. The molecule has 14 heteroatoms. The van der Waals surface area contributed by atoms with E-state index in [0.717, 1.165) is 0 Å². The second-order valence-corrected chi connectivity index (χ2v) is 10.0. The van der Waals surface area contributed by atoms with Crippen LogP contribution in [0.5, 0.6) is 11.5 Å². The quantitative estimate of drug-likeness (QED) is 0.159. The molecule has 2 saturated heterocycles. The van der Waals surface area contributed by atoms with Crippen LogP contribution in [0.1, 0.15) is 0 Å². The topological polar surface area (TPSA) is 165 Å². The predicted molar refractivity (Wildman–Crippen MR) is 152 cm³/mol. The van der Waals surface area contributed by atoms with E-state index in [1.54, 1.807) is 60.7 Å². The summed E-state index contributed by atoms with van der Waals surface area (Å²) in [5.74, 6) is 0.567. The van der Waals surface area contributed by atoms with Crippen molar-refractivity contribution in [2.45, 2.75) is 24.4 Å². The van der Waals surface area contributed by atoms with E-state index in [1.165, 1.54) is 48.5 Å². The lowest BCUT2D eigenvalue weighted by Crippen LogP contribution is -3.04. The Hall–Kier alpha value is -4.00. The molecule has 4 N–H and O–H groups in total. The zero-order chi connectivity index (χ0) is 30.5. The first-order valence-corrected chi connectivity index (χ1v) is 13.8. The Bertz CT molecular complexity index is 1360. The van der Waals surface area contributed by atoms with E-state index in [-0.39, 0.29) is 36.1 Å². The second-order valence-electron chi connectivity index (χ2n) is 10.0. The van der Waals surface area contributed by atoms with Gasteiger partial charge in [0.05, 0.1) is 13.2 Å². The third-order valence-electron chi connectivity index (χ3n) is 7.10. The molecule has 4 aromatic carbocycles. The number of ether oxygens (including phenoxy) is 2. The zero-order valence-electron chi connectivity index (χ0n) is 23.2. The second kappa shape index (κ2) is 13.7. The fourth-order valence-electron chi connectivity index (χ4n) is 4.84. The van der Waals surface area contributed by atoms with Gasteiger partial charge in [-0.15, -0.1) is 10.5 Å². The van der Waals surface area contributed by atoms with Crippen LogP contribution in [0.25, 0.3) is 0 Å². The van der Waals surface area contributed by atoms with Crippen LogP contribution in [0.4, 0.5) is 22.7 Å². The van der Waals surface area contributed by atoms with E-state index in [4.69, 9.17) is 28.8 Å². The molecular formula is C30H30N4O10. The largest absolute Gasteiger partial charge is 0.595 e. The first-order valence-electron chi connectivity index (χ1n) is 13.8. The molecule has 0 aliphatic carbocycles. The van der Waals surface area contributed by atoms with Crippen molar-refractivity contribution < 1.29 is 49.7 Å².